The fraction of sp³-hybridized carbons (Fsp3) is 0.333. The fourth-order valence-corrected chi connectivity index (χ4v) is 4.46. The van der Waals surface area contributed by atoms with Crippen LogP contribution in [0.25, 0.3) is 33.3 Å². The van der Waals surface area contributed by atoms with Gasteiger partial charge in [0, 0.05) is 44.7 Å². The molecule has 5 rings (SSSR count). The standard InChI is InChI=1S/C24H24F3N5O/c1-15-6-7-16-18(14-15)29-22(24(25,26)27)20-21(16)32(13-12-31-10-8-28-9-11-31)23(30-20)17-4-2-3-5-19(17)33/h2-7,14,28,33H,8-13H2,1H3. The average molecular weight is 455 g/mol. The van der Waals surface area contributed by atoms with Gasteiger partial charge in [0.25, 0.3) is 0 Å². The lowest BCUT2D eigenvalue weighted by Gasteiger charge is -2.27. The molecule has 6 nitrogen and oxygen atoms in total. The van der Waals surface area contributed by atoms with Gasteiger partial charge < -0.3 is 15.0 Å². The molecule has 0 aliphatic carbocycles. The van der Waals surface area contributed by atoms with E-state index in [4.69, 9.17) is 0 Å². The number of benzene rings is 2. The summed E-state index contributed by atoms with van der Waals surface area (Å²) in [4.78, 5) is 10.7. The van der Waals surface area contributed by atoms with E-state index in [9.17, 15) is 18.3 Å². The summed E-state index contributed by atoms with van der Waals surface area (Å²) in [5.74, 6) is 0.275. The highest BCUT2D eigenvalue weighted by Gasteiger charge is 2.38. The molecule has 0 atom stereocenters. The van der Waals surface area contributed by atoms with Gasteiger partial charge in [-0.05, 0) is 30.7 Å². The van der Waals surface area contributed by atoms with Crippen molar-refractivity contribution in [1.82, 2.24) is 24.8 Å². The molecule has 172 valence electrons. The molecular formula is C24H24F3N5O. The van der Waals surface area contributed by atoms with Gasteiger partial charge in [-0.15, -0.1) is 0 Å². The first-order chi connectivity index (χ1) is 15.8. The zero-order valence-electron chi connectivity index (χ0n) is 18.2. The third-order valence-corrected chi connectivity index (χ3v) is 6.10. The van der Waals surface area contributed by atoms with Crippen molar-refractivity contribution in [2.75, 3.05) is 32.7 Å². The number of phenolic OH excluding ortho intramolecular Hbond substituents is 1. The zero-order chi connectivity index (χ0) is 23.2. The number of hydrogen-bond donors (Lipinski definition) is 2. The molecule has 1 saturated heterocycles. The molecule has 4 aromatic rings. The van der Waals surface area contributed by atoms with Crippen molar-refractivity contribution in [2.24, 2.45) is 0 Å². The van der Waals surface area contributed by atoms with Crippen molar-refractivity contribution >= 4 is 21.9 Å². The summed E-state index contributed by atoms with van der Waals surface area (Å²) in [5.41, 5.74) is 0.686. The van der Waals surface area contributed by atoms with Crippen LogP contribution < -0.4 is 5.32 Å². The number of nitrogens with one attached hydrogen (secondary N) is 1. The van der Waals surface area contributed by atoms with Crippen LogP contribution in [0.3, 0.4) is 0 Å². The molecule has 0 bridgehead atoms. The largest absolute Gasteiger partial charge is 0.507 e. The van der Waals surface area contributed by atoms with Crippen LogP contribution in [-0.2, 0) is 12.7 Å². The molecule has 2 N–H and O–H groups in total. The number of phenols is 1. The van der Waals surface area contributed by atoms with E-state index < -0.39 is 11.9 Å². The second-order valence-corrected chi connectivity index (χ2v) is 8.37. The molecule has 0 radical (unpaired) electrons. The Labute approximate surface area is 188 Å². The molecule has 2 aromatic carbocycles. The Hall–Kier alpha value is -3.17. The Morgan fingerprint density at radius 2 is 1.79 bits per heavy atom. The van der Waals surface area contributed by atoms with E-state index in [1.165, 1.54) is 6.07 Å². The Balaban J connectivity index is 1.79. The number of nitrogens with zero attached hydrogens (tertiary/aromatic N) is 4. The smallest absolute Gasteiger partial charge is 0.435 e. The van der Waals surface area contributed by atoms with Crippen molar-refractivity contribution in [2.45, 2.75) is 19.6 Å². The summed E-state index contributed by atoms with van der Waals surface area (Å²) in [6.45, 7) is 6.41. The van der Waals surface area contributed by atoms with Crippen molar-refractivity contribution in [3.05, 3.63) is 53.7 Å². The van der Waals surface area contributed by atoms with Crippen LogP contribution in [0.2, 0.25) is 0 Å². The number of para-hydroxylation sites is 1. The van der Waals surface area contributed by atoms with E-state index in [2.05, 4.69) is 20.2 Å². The average Bonchev–Trinajstić information content (AvgIpc) is 3.16. The number of aromatic hydroxyl groups is 1. The highest BCUT2D eigenvalue weighted by molar-refractivity contribution is 6.05. The van der Waals surface area contributed by atoms with Gasteiger partial charge in [0.2, 0.25) is 0 Å². The normalized spacial score (nSPS) is 15.5. The van der Waals surface area contributed by atoms with E-state index in [0.29, 0.717) is 35.4 Å². The maximum atomic E-state index is 14.1. The first kappa shape index (κ1) is 21.7. The molecule has 1 aliphatic rings. The van der Waals surface area contributed by atoms with Gasteiger partial charge in [-0.3, -0.25) is 4.90 Å². The van der Waals surface area contributed by atoms with Gasteiger partial charge in [0.05, 0.1) is 16.6 Å². The molecular weight excluding hydrogens is 431 g/mol. The van der Waals surface area contributed by atoms with Gasteiger partial charge in [-0.1, -0.05) is 24.3 Å². The van der Waals surface area contributed by atoms with Gasteiger partial charge in [-0.2, -0.15) is 13.2 Å². The van der Waals surface area contributed by atoms with Crippen molar-refractivity contribution in [1.29, 1.82) is 0 Å². The summed E-state index contributed by atoms with van der Waals surface area (Å²) in [7, 11) is 0. The molecule has 3 heterocycles. The Morgan fingerprint density at radius 1 is 1.03 bits per heavy atom. The first-order valence-corrected chi connectivity index (χ1v) is 10.9. The van der Waals surface area contributed by atoms with Crippen molar-refractivity contribution in [3.8, 4) is 17.1 Å². The molecule has 1 aliphatic heterocycles. The van der Waals surface area contributed by atoms with E-state index in [1.807, 2.05) is 13.0 Å². The molecule has 0 saturated carbocycles. The van der Waals surface area contributed by atoms with Gasteiger partial charge in [-0.25, -0.2) is 9.97 Å². The monoisotopic (exact) mass is 455 g/mol. The Morgan fingerprint density at radius 3 is 2.52 bits per heavy atom. The lowest BCUT2D eigenvalue weighted by molar-refractivity contribution is -0.139. The Bertz CT molecular complexity index is 1330. The number of rotatable bonds is 4. The molecule has 9 heteroatoms. The molecule has 0 amide bonds. The third-order valence-electron chi connectivity index (χ3n) is 6.10. The number of halogens is 3. The molecule has 0 unspecified atom stereocenters. The summed E-state index contributed by atoms with van der Waals surface area (Å²) in [5, 5.41) is 14.4. The predicted molar refractivity (Wildman–Crippen MR) is 121 cm³/mol. The topological polar surface area (TPSA) is 66.2 Å². The molecule has 1 fully saturated rings. The second kappa shape index (κ2) is 8.31. The second-order valence-electron chi connectivity index (χ2n) is 8.37. The molecule has 33 heavy (non-hydrogen) atoms. The van der Waals surface area contributed by atoms with Gasteiger partial charge in [0.15, 0.2) is 5.69 Å². The van der Waals surface area contributed by atoms with E-state index in [1.54, 1.807) is 34.9 Å². The first-order valence-electron chi connectivity index (χ1n) is 10.9. The van der Waals surface area contributed by atoms with Crippen molar-refractivity contribution < 1.29 is 18.3 Å². The number of aryl methyl sites for hydroxylation is 1. The number of pyridine rings is 1. The van der Waals surface area contributed by atoms with Crippen LogP contribution in [0.1, 0.15) is 11.3 Å². The molecule has 2 aromatic heterocycles. The molecule has 0 spiro atoms. The highest BCUT2D eigenvalue weighted by Crippen LogP contribution is 2.39. The number of piperazine rings is 1. The maximum absolute atomic E-state index is 14.1. The lowest BCUT2D eigenvalue weighted by Crippen LogP contribution is -2.44. The van der Waals surface area contributed by atoms with Crippen LogP contribution in [-0.4, -0.2) is 57.3 Å². The predicted octanol–water partition coefficient (Wildman–Crippen LogP) is 4.19. The number of imidazole rings is 1. The summed E-state index contributed by atoms with van der Waals surface area (Å²) < 4.78 is 44.0. The van der Waals surface area contributed by atoms with E-state index >= 15 is 0 Å². The quantitative estimate of drug-likeness (QED) is 0.483. The number of alkyl halides is 3. The van der Waals surface area contributed by atoms with Gasteiger partial charge >= 0.3 is 6.18 Å². The number of fused-ring (bicyclic) bond motifs is 3. The van der Waals surface area contributed by atoms with E-state index in [-0.39, 0.29) is 16.8 Å². The number of aromatic nitrogens is 3. The van der Waals surface area contributed by atoms with Crippen LogP contribution in [0.15, 0.2) is 42.5 Å². The maximum Gasteiger partial charge on any atom is 0.435 e. The van der Waals surface area contributed by atoms with Crippen LogP contribution in [0.4, 0.5) is 13.2 Å². The zero-order valence-corrected chi connectivity index (χ0v) is 18.2. The minimum atomic E-state index is -4.66. The van der Waals surface area contributed by atoms with Crippen molar-refractivity contribution in [3.63, 3.8) is 0 Å². The van der Waals surface area contributed by atoms with Crippen LogP contribution in [0, 0.1) is 6.92 Å². The van der Waals surface area contributed by atoms with Crippen LogP contribution in [0.5, 0.6) is 5.75 Å². The summed E-state index contributed by atoms with van der Waals surface area (Å²) in [6.07, 6.45) is -4.66. The number of hydrogen-bond acceptors (Lipinski definition) is 5. The minimum absolute atomic E-state index is 0.0297. The summed E-state index contributed by atoms with van der Waals surface area (Å²) in [6, 6.07) is 11.9. The minimum Gasteiger partial charge on any atom is -0.507 e. The highest BCUT2D eigenvalue weighted by atomic mass is 19.4. The van der Waals surface area contributed by atoms with Gasteiger partial charge in [0.1, 0.15) is 17.1 Å². The Kier molecular flexibility index (Phi) is 5.46. The fourth-order valence-electron chi connectivity index (χ4n) is 4.46. The summed E-state index contributed by atoms with van der Waals surface area (Å²) >= 11 is 0. The van der Waals surface area contributed by atoms with E-state index in [0.717, 1.165) is 31.7 Å². The van der Waals surface area contributed by atoms with Crippen LogP contribution >= 0.6 is 0 Å². The lowest BCUT2D eigenvalue weighted by atomic mass is 10.1. The third kappa shape index (κ3) is 4.02. The SMILES string of the molecule is Cc1ccc2c(c1)nc(C(F)(F)F)c1nc(-c3ccccc3O)n(CCN3CCNCC3)c12.